The van der Waals surface area contributed by atoms with E-state index in [1.54, 1.807) is 0 Å². The van der Waals surface area contributed by atoms with Gasteiger partial charge in [-0.1, -0.05) is 11.6 Å². The SMILES string of the molecule is ClCc1c(Cl)ncnc1N1CCCCC1. The third-order valence-electron chi connectivity index (χ3n) is 2.66. The monoisotopic (exact) mass is 245 g/mol. The zero-order valence-corrected chi connectivity index (χ0v) is 9.93. The van der Waals surface area contributed by atoms with Gasteiger partial charge >= 0.3 is 0 Å². The number of rotatable bonds is 2. The molecule has 0 bridgehead atoms. The Labute approximate surface area is 99.4 Å². The molecule has 5 heteroatoms. The van der Waals surface area contributed by atoms with E-state index in [1.165, 1.54) is 25.6 Å². The maximum absolute atomic E-state index is 5.99. The number of halogens is 2. The summed E-state index contributed by atoms with van der Waals surface area (Å²) < 4.78 is 0. The summed E-state index contributed by atoms with van der Waals surface area (Å²) in [6, 6.07) is 0. The molecule has 0 radical (unpaired) electrons. The van der Waals surface area contributed by atoms with Crippen molar-refractivity contribution in [3.05, 3.63) is 17.0 Å². The van der Waals surface area contributed by atoms with E-state index in [1.807, 2.05) is 0 Å². The van der Waals surface area contributed by atoms with Gasteiger partial charge in [0.05, 0.1) is 5.88 Å². The molecule has 1 saturated heterocycles. The van der Waals surface area contributed by atoms with Crippen molar-refractivity contribution in [2.24, 2.45) is 0 Å². The molecular weight excluding hydrogens is 233 g/mol. The van der Waals surface area contributed by atoms with Gasteiger partial charge in [-0.15, -0.1) is 11.6 Å². The fourth-order valence-corrected chi connectivity index (χ4v) is 2.38. The number of aromatic nitrogens is 2. The van der Waals surface area contributed by atoms with Crippen LogP contribution in [-0.2, 0) is 5.88 Å². The van der Waals surface area contributed by atoms with Gasteiger partial charge in [0.15, 0.2) is 0 Å². The van der Waals surface area contributed by atoms with E-state index in [9.17, 15) is 0 Å². The summed E-state index contributed by atoms with van der Waals surface area (Å²) in [5.74, 6) is 1.27. The number of hydrogen-bond donors (Lipinski definition) is 0. The van der Waals surface area contributed by atoms with Crippen LogP contribution in [0.5, 0.6) is 0 Å². The van der Waals surface area contributed by atoms with Gasteiger partial charge in [-0.3, -0.25) is 0 Å². The predicted octanol–water partition coefficient (Wildman–Crippen LogP) is 2.86. The van der Waals surface area contributed by atoms with Crippen LogP contribution in [0.25, 0.3) is 0 Å². The summed E-state index contributed by atoms with van der Waals surface area (Å²) in [6.45, 7) is 2.08. The lowest BCUT2D eigenvalue weighted by Crippen LogP contribution is -2.31. The number of alkyl halides is 1. The van der Waals surface area contributed by atoms with Crippen LogP contribution in [0.2, 0.25) is 5.15 Å². The van der Waals surface area contributed by atoms with Crippen molar-refractivity contribution in [1.82, 2.24) is 9.97 Å². The van der Waals surface area contributed by atoms with Crippen LogP contribution < -0.4 is 4.90 Å². The van der Waals surface area contributed by atoms with Gasteiger partial charge in [0, 0.05) is 18.7 Å². The second kappa shape index (κ2) is 4.99. The van der Waals surface area contributed by atoms with Gasteiger partial charge in [-0.2, -0.15) is 0 Å². The molecule has 15 heavy (non-hydrogen) atoms. The van der Waals surface area contributed by atoms with Gasteiger partial charge in [0.2, 0.25) is 0 Å². The Morgan fingerprint density at radius 3 is 2.60 bits per heavy atom. The van der Waals surface area contributed by atoms with Crippen molar-refractivity contribution in [2.45, 2.75) is 25.1 Å². The third-order valence-corrected chi connectivity index (χ3v) is 3.25. The first-order valence-electron chi connectivity index (χ1n) is 5.13. The van der Waals surface area contributed by atoms with Gasteiger partial charge in [0.25, 0.3) is 0 Å². The fourth-order valence-electron chi connectivity index (χ4n) is 1.88. The molecule has 0 saturated carbocycles. The lowest BCUT2D eigenvalue weighted by Gasteiger charge is -2.29. The highest BCUT2D eigenvalue weighted by Gasteiger charge is 2.17. The van der Waals surface area contributed by atoms with Gasteiger partial charge < -0.3 is 4.90 Å². The summed E-state index contributed by atoms with van der Waals surface area (Å²) in [5.41, 5.74) is 0.850. The Balaban J connectivity index is 2.29. The van der Waals surface area contributed by atoms with E-state index in [4.69, 9.17) is 23.2 Å². The Morgan fingerprint density at radius 2 is 1.93 bits per heavy atom. The van der Waals surface area contributed by atoms with Crippen LogP contribution in [0.3, 0.4) is 0 Å². The maximum atomic E-state index is 5.99. The second-order valence-corrected chi connectivity index (χ2v) is 4.27. The molecular formula is C10H13Cl2N3. The average molecular weight is 246 g/mol. The van der Waals surface area contributed by atoms with E-state index >= 15 is 0 Å². The zero-order valence-electron chi connectivity index (χ0n) is 8.42. The molecule has 0 unspecified atom stereocenters. The molecule has 2 heterocycles. The van der Waals surface area contributed by atoms with Gasteiger partial charge in [0.1, 0.15) is 17.3 Å². The quantitative estimate of drug-likeness (QED) is 0.593. The average Bonchev–Trinajstić information content (AvgIpc) is 2.30. The first kappa shape index (κ1) is 11.0. The number of nitrogens with zero attached hydrogens (tertiary/aromatic N) is 3. The molecule has 0 aromatic carbocycles. The zero-order chi connectivity index (χ0) is 10.7. The summed E-state index contributed by atoms with van der Waals surface area (Å²) in [6.07, 6.45) is 5.22. The van der Waals surface area contributed by atoms with Crippen LogP contribution in [-0.4, -0.2) is 23.1 Å². The van der Waals surface area contributed by atoms with Crippen LogP contribution >= 0.6 is 23.2 Å². The van der Waals surface area contributed by atoms with Gasteiger partial charge in [-0.25, -0.2) is 9.97 Å². The molecule has 1 aliphatic rings. The van der Waals surface area contributed by atoms with Gasteiger partial charge in [-0.05, 0) is 19.3 Å². The standard InChI is InChI=1S/C10H13Cl2N3/c11-6-8-9(12)13-7-14-10(8)15-4-2-1-3-5-15/h7H,1-6H2. The van der Waals surface area contributed by atoms with Crippen LogP contribution in [0.15, 0.2) is 6.33 Å². The highest BCUT2D eigenvalue weighted by Crippen LogP contribution is 2.26. The smallest absolute Gasteiger partial charge is 0.138 e. The van der Waals surface area contributed by atoms with Crippen LogP contribution in [0.1, 0.15) is 24.8 Å². The van der Waals surface area contributed by atoms with Crippen molar-refractivity contribution >= 4 is 29.0 Å². The molecule has 1 aromatic heterocycles. The molecule has 82 valence electrons. The summed E-state index contributed by atoms with van der Waals surface area (Å²) >= 11 is 11.9. The second-order valence-electron chi connectivity index (χ2n) is 3.65. The van der Waals surface area contributed by atoms with Crippen LogP contribution in [0, 0.1) is 0 Å². The molecule has 1 aliphatic heterocycles. The highest BCUT2D eigenvalue weighted by molar-refractivity contribution is 6.31. The van der Waals surface area contributed by atoms with Crippen molar-refractivity contribution < 1.29 is 0 Å². The van der Waals surface area contributed by atoms with E-state index in [0.717, 1.165) is 24.5 Å². The molecule has 1 aromatic rings. The largest absolute Gasteiger partial charge is 0.356 e. The Kier molecular flexibility index (Phi) is 3.65. The first-order valence-corrected chi connectivity index (χ1v) is 6.04. The first-order chi connectivity index (χ1) is 7.33. The molecule has 2 rings (SSSR count). The van der Waals surface area contributed by atoms with E-state index < -0.39 is 0 Å². The molecule has 0 spiro atoms. The summed E-state index contributed by atoms with van der Waals surface area (Å²) in [4.78, 5) is 10.5. The van der Waals surface area contributed by atoms with Crippen molar-refractivity contribution in [1.29, 1.82) is 0 Å². The number of hydrogen-bond acceptors (Lipinski definition) is 3. The molecule has 1 fully saturated rings. The lowest BCUT2D eigenvalue weighted by atomic mass is 10.1. The molecule has 0 amide bonds. The normalized spacial score (nSPS) is 16.8. The van der Waals surface area contributed by atoms with E-state index in [2.05, 4.69) is 14.9 Å². The number of piperidine rings is 1. The van der Waals surface area contributed by atoms with Crippen molar-refractivity contribution in [3.63, 3.8) is 0 Å². The van der Waals surface area contributed by atoms with E-state index in [-0.39, 0.29) is 0 Å². The molecule has 3 nitrogen and oxygen atoms in total. The minimum absolute atomic E-state index is 0.367. The van der Waals surface area contributed by atoms with Crippen molar-refractivity contribution in [2.75, 3.05) is 18.0 Å². The maximum Gasteiger partial charge on any atom is 0.138 e. The van der Waals surface area contributed by atoms with E-state index in [0.29, 0.717) is 11.0 Å². The third kappa shape index (κ3) is 2.34. The lowest BCUT2D eigenvalue weighted by molar-refractivity contribution is 0.572. The minimum atomic E-state index is 0.367. The minimum Gasteiger partial charge on any atom is -0.356 e. The highest BCUT2D eigenvalue weighted by atomic mass is 35.5. The Morgan fingerprint density at radius 1 is 1.20 bits per heavy atom. The number of anilines is 1. The molecule has 0 aliphatic carbocycles. The fraction of sp³-hybridized carbons (Fsp3) is 0.600. The Hall–Kier alpha value is -0.540. The Bertz CT molecular complexity index is 337. The summed E-state index contributed by atoms with van der Waals surface area (Å²) in [5, 5.41) is 0.473. The topological polar surface area (TPSA) is 29.0 Å². The molecule has 0 N–H and O–H groups in total. The molecule has 0 atom stereocenters. The predicted molar refractivity (Wildman–Crippen MR) is 62.7 cm³/mol. The summed E-state index contributed by atoms with van der Waals surface area (Å²) in [7, 11) is 0. The van der Waals surface area contributed by atoms with Crippen molar-refractivity contribution in [3.8, 4) is 0 Å². The van der Waals surface area contributed by atoms with Crippen LogP contribution in [0.4, 0.5) is 5.82 Å².